The number of rotatable bonds is 71. The summed E-state index contributed by atoms with van der Waals surface area (Å²) in [6.45, 7) is 4.65. The van der Waals surface area contributed by atoms with Gasteiger partial charge < -0.3 is 28.8 Å². The van der Waals surface area contributed by atoms with Crippen LogP contribution in [0.25, 0.3) is 0 Å². The molecule has 9 heteroatoms. The van der Waals surface area contributed by atoms with Crippen LogP contribution in [-0.4, -0.2) is 68.5 Å². The summed E-state index contributed by atoms with van der Waals surface area (Å²) in [5, 5.41) is 14.1. The number of hydrogen-bond donors (Lipinski definition) is 2. The summed E-state index contributed by atoms with van der Waals surface area (Å²) < 4.78 is 23.6. The molecule has 0 saturated heterocycles. The number of allylic oxidation sites excluding steroid dienone is 14. The number of amides is 1. The smallest absolute Gasteiger partial charge is 0.268 e. The topological polar surface area (TPSA) is 108 Å². The van der Waals surface area contributed by atoms with E-state index in [4.69, 9.17) is 9.05 Å². The quantitative estimate of drug-likeness (QED) is 0.0272. The number of aliphatic hydroxyl groups excluding tert-OH is 1. The van der Waals surface area contributed by atoms with Crippen LogP contribution in [-0.2, 0) is 18.4 Å². The molecule has 0 saturated carbocycles. The average Bonchev–Trinajstić information content (AvgIpc) is 3.57. The molecule has 1 amide bonds. The molecule has 0 fully saturated rings. The third-order valence-corrected chi connectivity index (χ3v) is 18.4. The molecule has 0 aromatic rings. The Bertz CT molecular complexity index is 1730. The van der Waals surface area contributed by atoms with E-state index in [9.17, 15) is 19.4 Å². The normalized spacial score (nSPS) is 14.0. The minimum absolute atomic E-state index is 0.0111. The fraction of sp³-hybridized carbons (Fsp3) is 0.812. The zero-order chi connectivity index (χ0) is 64.8. The summed E-state index contributed by atoms with van der Waals surface area (Å²) in [7, 11) is 1.31. The van der Waals surface area contributed by atoms with Gasteiger partial charge in [-0.3, -0.25) is 9.36 Å². The van der Waals surface area contributed by atoms with E-state index in [2.05, 4.69) is 104 Å². The van der Waals surface area contributed by atoms with Gasteiger partial charge in [-0.15, -0.1) is 0 Å². The van der Waals surface area contributed by atoms with Crippen LogP contribution >= 0.6 is 7.82 Å². The minimum Gasteiger partial charge on any atom is -0.756 e. The van der Waals surface area contributed by atoms with Gasteiger partial charge in [0.15, 0.2) is 0 Å². The lowest BCUT2D eigenvalue weighted by Crippen LogP contribution is -2.46. The van der Waals surface area contributed by atoms with Crippen molar-refractivity contribution in [1.82, 2.24) is 5.32 Å². The lowest BCUT2D eigenvalue weighted by Gasteiger charge is -2.30. The van der Waals surface area contributed by atoms with E-state index in [1.165, 1.54) is 257 Å². The predicted octanol–water partition coefficient (Wildman–Crippen LogP) is 24.4. The Balaban J connectivity index is 3.99. The first kappa shape index (κ1) is 86.7. The van der Waals surface area contributed by atoms with Gasteiger partial charge in [0.25, 0.3) is 7.82 Å². The molecule has 520 valence electrons. The van der Waals surface area contributed by atoms with Crippen molar-refractivity contribution in [1.29, 1.82) is 0 Å². The number of phosphoric ester groups is 1. The molecule has 0 spiro atoms. The second-order valence-corrected chi connectivity index (χ2v) is 28.7. The average molecular weight is 1270 g/mol. The van der Waals surface area contributed by atoms with Crippen molar-refractivity contribution in [3.8, 4) is 0 Å². The van der Waals surface area contributed by atoms with Gasteiger partial charge in [0.05, 0.1) is 39.9 Å². The Kier molecular flexibility index (Phi) is 68.2. The first-order valence-corrected chi connectivity index (χ1v) is 39.9. The van der Waals surface area contributed by atoms with E-state index in [-0.39, 0.29) is 19.1 Å². The van der Waals surface area contributed by atoms with Gasteiger partial charge in [-0.2, -0.15) is 0 Å². The van der Waals surface area contributed by atoms with Crippen molar-refractivity contribution in [2.75, 3.05) is 40.9 Å². The molecule has 0 aromatic heterocycles. The van der Waals surface area contributed by atoms with Gasteiger partial charge in [0.1, 0.15) is 13.2 Å². The van der Waals surface area contributed by atoms with E-state index < -0.39 is 20.0 Å². The van der Waals surface area contributed by atoms with Crippen LogP contribution in [0, 0.1) is 0 Å². The Morgan fingerprint density at radius 1 is 0.404 bits per heavy atom. The highest BCUT2D eigenvalue weighted by Gasteiger charge is 2.24. The molecule has 0 aliphatic carbocycles. The summed E-state index contributed by atoms with van der Waals surface area (Å²) in [5.74, 6) is -0.161. The van der Waals surface area contributed by atoms with Crippen molar-refractivity contribution in [3.63, 3.8) is 0 Å². The van der Waals surface area contributed by atoms with Crippen LogP contribution in [0.15, 0.2) is 85.1 Å². The molecule has 0 aliphatic heterocycles. The summed E-state index contributed by atoms with van der Waals surface area (Å²) >= 11 is 0. The highest BCUT2D eigenvalue weighted by atomic mass is 31.2. The van der Waals surface area contributed by atoms with E-state index in [1.54, 1.807) is 0 Å². The maximum atomic E-state index is 13.1. The number of unbranched alkanes of at least 4 members (excludes halogenated alkanes) is 44. The fourth-order valence-electron chi connectivity index (χ4n) is 11.5. The first-order valence-electron chi connectivity index (χ1n) is 38.4. The molecule has 0 radical (unpaired) electrons. The third kappa shape index (κ3) is 73.0. The molecule has 2 N–H and O–H groups in total. The molecule has 3 atom stereocenters. The molecular formula is C80H149N2O6P. The standard InChI is InChI=1S/C80H149N2O6P/c1-6-8-10-12-14-16-18-20-22-24-26-28-30-32-34-36-38-39-40-41-42-43-44-46-48-50-52-54-56-58-60-62-64-66-68-70-72-74-80(84)81-78(77-88-89(85,86)87-76-75-82(3,4)5)79(83)73-71-69-67-65-63-61-59-57-55-53-51-49-47-45-37-35-33-31-29-27-25-23-21-19-17-15-13-11-9-7-2/h8,10,14,16,20,22,26,28,32,34,38-39,41-42,78-79,83H,6-7,9,11-13,15,17-19,21,23-25,27,29-31,33,35-37,40,43-77H2,1-5H3,(H-,81,84,85,86)/b10-8-,16-14-,22-20-,28-26-,34-32-,39-38-,42-41-. The lowest BCUT2D eigenvalue weighted by molar-refractivity contribution is -0.870. The molecule has 0 aliphatic rings. The zero-order valence-corrected chi connectivity index (χ0v) is 60.5. The highest BCUT2D eigenvalue weighted by molar-refractivity contribution is 7.45. The largest absolute Gasteiger partial charge is 0.756 e. The molecule has 0 aromatic carbocycles. The van der Waals surface area contributed by atoms with Crippen LogP contribution in [0.5, 0.6) is 0 Å². The first-order chi connectivity index (χ1) is 43.5. The van der Waals surface area contributed by atoms with Gasteiger partial charge in [-0.05, 0) is 70.6 Å². The van der Waals surface area contributed by atoms with Crippen LogP contribution in [0.3, 0.4) is 0 Å². The Hall–Kier alpha value is -2.32. The molecule has 8 nitrogen and oxygen atoms in total. The van der Waals surface area contributed by atoms with Gasteiger partial charge in [-0.25, -0.2) is 0 Å². The van der Waals surface area contributed by atoms with E-state index in [0.29, 0.717) is 23.9 Å². The number of aliphatic hydroxyl groups is 1. The predicted molar refractivity (Wildman–Crippen MR) is 390 cm³/mol. The van der Waals surface area contributed by atoms with Crippen LogP contribution in [0.2, 0.25) is 0 Å². The second-order valence-electron chi connectivity index (χ2n) is 27.3. The van der Waals surface area contributed by atoms with Gasteiger partial charge in [-0.1, -0.05) is 375 Å². The highest BCUT2D eigenvalue weighted by Crippen LogP contribution is 2.38. The number of nitrogens with zero attached hydrogens (tertiary/aromatic N) is 1. The molecule has 89 heavy (non-hydrogen) atoms. The molecule has 0 heterocycles. The summed E-state index contributed by atoms with van der Waals surface area (Å²) in [6, 6.07) is -0.806. The van der Waals surface area contributed by atoms with Gasteiger partial charge in [0.2, 0.25) is 5.91 Å². The number of phosphoric acid groups is 1. The monoisotopic (exact) mass is 1270 g/mol. The fourth-order valence-corrected chi connectivity index (χ4v) is 12.2. The molecule has 0 bridgehead atoms. The third-order valence-electron chi connectivity index (χ3n) is 17.4. The Morgan fingerprint density at radius 3 is 1.00 bits per heavy atom. The SMILES string of the molecule is CC/C=C\C/C=C\C/C=C\C/C=C\C/C=C\C/C=C\C/C=C\CCCCCCCCCCCCCCCCCC(=O)NC(COP(=O)([O-])OCC[N+](C)(C)C)C(O)CCCCCCCCCCCCCCCCCCCCCCCCCCCCCCCC. The van der Waals surface area contributed by atoms with Crippen molar-refractivity contribution in [2.24, 2.45) is 0 Å². The summed E-state index contributed by atoms with van der Waals surface area (Å²) in [6.07, 6.45) is 99.7. The van der Waals surface area contributed by atoms with Crippen LogP contribution < -0.4 is 10.2 Å². The number of carbonyl (C=O) groups is 1. The van der Waals surface area contributed by atoms with Crippen LogP contribution in [0.4, 0.5) is 0 Å². The van der Waals surface area contributed by atoms with Crippen molar-refractivity contribution in [3.05, 3.63) is 85.1 Å². The lowest BCUT2D eigenvalue weighted by atomic mass is 10.0. The number of carbonyl (C=O) groups excluding carboxylic acids is 1. The van der Waals surface area contributed by atoms with E-state index >= 15 is 0 Å². The van der Waals surface area contributed by atoms with Crippen molar-refractivity contribution >= 4 is 13.7 Å². The van der Waals surface area contributed by atoms with Crippen LogP contribution in [0.1, 0.15) is 367 Å². The van der Waals surface area contributed by atoms with E-state index in [0.717, 1.165) is 83.5 Å². The van der Waals surface area contributed by atoms with Gasteiger partial charge in [0, 0.05) is 6.42 Å². The molecule has 3 unspecified atom stereocenters. The Labute approximate surface area is 554 Å². The second kappa shape index (κ2) is 70.0. The maximum Gasteiger partial charge on any atom is 0.268 e. The molecular weight excluding hydrogens is 1120 g/mol. The number of likely N-dealkylation sites (N-methyl/N-ethyl adjacent to an activating group) is 1. The van der Waals surface area contributed by atoms with Gasteiger partial charge >= 0.3 is 0 Å². The van der Waals surface area contributed by atoms with Crippen molar-refractivity contribution in [2.45, 2.75) is 379 Å². The van der Waals surface area contributed by atoms with Crippen molar-refractivity contribution < 1.29 is 32.9 Å². The number of hydrogen-bond acceptors (Lipinski definition) is 6. The Morgan fingerprint density at radius 2 is 0.685 bits per heavy atom. The van der Waals surface area contributed by atoms with E-state index in [1.807, 2.05) is 21.1 Å². The number of quaternary nitrogens is 1. The molecule has 0 rings (SSSR count). The summed E-state index contributed by atoms with van der Waals surface area (Å²) in [4.78, 5) is 25.7. The number of nitrogens with one attached hydrogen (secondary N) is 1. The zero-order valence-electron chi connectivity index (χ0n) is 59.6. The minimum atomic E-state index is -4.59. The summed E-state index contributed by atoms with van der Waals surface area (Å²) in [5.41, 5.74) is 0. The maximum absolute atomic E-state index is 13.1.